The Morgan fingerprint density at radius 2 is 2.13 bits per heavy atom. The molecule has 0 amide bonds. The second-order valence-electron chi connectivity index (χ2n) is 3.18. The minimum Gasteiger partial charge on any atom is -0.481 e. The Balaban J connectivity index is 2.65. The van der Waals surface area contributed by atoms with Gasteiger partial charge in [-0.2, -0.15) is 0 Å². The second kappa shape index (κ2) is 3.87. The molecule has 1 aromatic carbocycles. The molecule has 0 saturated heterocycles. The van der Waals surface area contributed by atoms with Crippen LogP contribution in [-0.2, 0) is 11.2 Å². The Morgan fingerprint density at radius 3 is 2.87 bits per heavy atom. The van der Waals surface area contributed by atoms with Gasteiger partial charge in [0.05, 0.1) is 12.1 Å². The number of carbonyl (C=O) groups is 1. The number of carboxylic acids is 1. The van der Waals surface area contributed by atoms with Crippen LogP contribution in [0.25, 0.3) is 10.8 Å². The zero-order chi connectivity index (χ0) is 10.8. The minimum absolute atomic E-state index is 0.110. The highest BCUT2D eigenvalue weighted by atomic mass is 35.5. The molecular formula is C11H8ClNO2. The fourth-order valence-corrected chi connectivity index (χ4v) is 1.73. The molecule has 0 radical (unpaired) electrons. The van der Waals surface area contributed by atoms with Crippen LogP contribution in [0.5, 0.6) is 0 Å². The largest absolute Gasteiger partial charge is 0.481 e. The van der Waals surface area contributed by atoms with E-state index in [1.165, 1.54) is 0 Å². The molecule has 0 fully saturated rings. The normalized spacial score (nSPS) is 10.5. The third kappa shape index (κ3) is 2.07. The number of aliphatic carboxylic acids is 1. The summed E-state index contributed by atoms with van der Waals surface area (Å²) in [6.45, 7) is 0. The molecule has 1 aromatic heterocycles. The van der Waals surface area contributed by atoms with E-state index in [4.69, 9.17) is 16.7 Å². The van der Waals surface area contributed by atoms with Crippen LogP contribution in [0, 0.1) is 0 Å². The maximum absolute atomic E-state index is 10.6. The van der Waals surface area contributed by atoms with Crippen molar-refractivity contribution in [2.45, 2.75) is 6.42 Å². The van der Waals surface area contributed by atoms with E-state index in [1.807, 2.05) is 24.3 Å². The first kappa shape index (κ1) is 9.93. The number of benzene rings is 1. The lowest BCUT2D eigenvalue weighted by Crippen LogP contribution is -2.03. The molecule has 0 bridgehead atoms. The number of fused-ring (bicyclic) bond motifs is 1. The van der Waals surface area contributed by atoms with Crippen molar-refractivity contribution in [1.29, 1.82) is 0 Å². The first-order valence-electron chi connectivity index (χ1n) is 4.43. The van der Waals surface area contributed by atoms with Gasteiger partial charge in [-0.1, -0.05) is 35.9 Å². The van der Waals surface area contributed by atoms with E-state index in [-0.39, 0.29) is 6.42 Å². The Kier molecular flexibility index (Phi) is 2.56. The predicted octanol–water partition coefficient (Wildman–Crippen LogP) is 2.52. The molecule has 0 aliphatic rings. The van der Waals surface area contributed by atoms with Gasteiger partial charge >= 0.3 is 5.97 Å². The van der Waals surface area contributed by atoms with Gasteiger partial charge in [0.25, 0.3) is 0 Å². The summed E-state index contributed by atoms with van der Waals surface area (Å²) in [5, 5.41) is 10.8. The quantitative estimate of drug-likeness (QED) is 0.793. The van der Waals surface area contributed by atoms with Gasteiger partial charge in [0.1, 0.15) is 5.15 Å². The first-order valence-corrected chi connectivity index (χ1v) is 4.80. The number of rotatable bonds is 2. The van der Waals surface area contributed by atoms with Crippen LogP contribution in [0.15, 0.2) is 30.3 Å². The molecular weight excluding hydrogens is 214 g/mol. The Morgan fingerprint density at radius 1 is 1.40 bits per heavy atom. The van der Waals surface area contributed by atoms with Gasteiger partial charge < -0.3 is 5.11 Å². The molecule has 0 saturated carbocycles. The van der Waals surface area contributed by atoms with Crippen LogP contribution in [0.1, 0.15) is 5.69 Å². The van der Waals surface area contributed by atoms with Crippen molar-refractivity contribution in [2.75, 3.05) is 0 Å². The highest BCUT2D eigenvalue weighted by molar-refractivity contribution is 6.30. The molecule has 76 valence electrons. The van der Waals surface area contributed by atoms with Crippen LogP contribution in [-0.4, -0.2) is 16.1 Å². The van der Waals surface area contributed by atoms with Crippen molar-refractivity contribution in [1.82, 2.24) is 4.98 Å². The highest BCUT2D eigenvalue weighted by Crippen LogP contribution is 2.21. The summed E-state index contributed by atoms with van der Waals surface area (Å²) in [5.74, 6) is -0.907. The number of halogens is 1. The van der Waals surface area contributed by atoms with Crippen molar-refractivity contribution in [2.24, 2.45) is 0 Å². The van der Waals surface area contributed by atoms with Crippen LogP contribution in [0.3, 0.4) is 0 Å². The maximum Gasteiger partial charge on any atom is 0.309 e. The minimum atomic E-state index is -0.907. The SMILES string of the molecule is O=C(O)Cc1nc(Cl)cc2ccccc12. The van der Waals surface area contributed by atoms with Crippen molar-refractivity contribution in [3.8, 4) is 0 Å². The summed E-state index contributed by atoms with van der Waals surface area (Å²) < 4.78 is 0. The van der Waals surface area contributed by atoms with Gasteiger partial charge in [0.2, 0.25) is 0 Å². The van der Waals surface area contributed by atoms with Crippen molar-refractivity contribution in [3.05, 3.63) is 41.2 Å². The van der Waals surface area contributed by atoms with E-state index in [0.717, 1.165) is 10.8 Å². The lowest BCUT2D eigenvalue weighted by molar-refractivity contribution is -0.136. The molecule has 3 nitrogen and oxygen atoms in total. The molecule has 1 heterocycles. The maximum atomic E-state index is 10.6. The van der Waals surface area contributed by atoms with Crippen LogP contribution in [0.4, 0.5) is 0 Å². The van der Waals surface area contributed by atoms with Gasteiger partial charge in [0.15, 0.2) is 0 Å². The molecule has 2 aromatic rings. The lowest BCUT2D eigenvalue weighted by Gasteiger charge is -2.03. The second-order valence-corrected chi connectivity index (χ2v) is 3.57. The zero-order valence-corrected chi connectivity index (χ0v) is 8.53. The van der Waals surface area contributed by atoms with Gasteiger partial charge in [-0.25, -0.2) is 4.98 Å². The smallest absolute Gasteiger partial charge is 0.309 e. The molecule has 4 heteroatoms. The molecule has 15 heavy (non-hydrogen) atoms. The molecule has 0 spiro atoms. The van der Waals surface area contributed by atoms with E-state index in [1.54, 1.807) is 6.07 Å². The fraction of sp³-hybridized carbons (Fsp3) is 0.0909. The van der Waals surface area contributed by atoms with E-state index >= 15 is 0 Å². The number of hydrogen-bond acceptors (Lipinski definition) is 2. The predicted molar refractivity (Wildman–Crippen MR) is 58.1 cm³/mol. The third-order valence-electron chi connectivity index (χ3n) is 2.11. The summed E-state index contributed by atoms with van der Waals surface area (Å²) in [4.78, 5) is 14.7. The summed E-state index contributed by atoms with van der Waals surface area (Å²) >= 11 is 5.80. The van der Waals surface area contributed by atoms with Gasteiger partial charge in [0, 0.05) is 5.39 Å². The van der Waals surface area contributed by atoms with Crippen molar-refractivity contribution < 1.29 is 9.90 Å². The average molecular weight is 222 g/mol. The number of nitrogens with zero attached hydrogens (tertiary/aromatic N) is 1. The summed E-state index contributed by atoms with van der Waals surface area (Å²) in [6.07, 6.45) is -0.110. The summed E-state index contributed by atoms with van der Waals surface area (Å²) in [5.41, 5.74) is 0.505. The van der Waals surface area contributed by atoms with Crippen LogP contribution in [0.2, 0.25) is 5.15 Å². The Bertz CT molecular complexity index is 525. The summed E-state index contributed by atoms with van der Waals surface area (Å²) in [7, 11) is 0. The topological polar surface area (TPSA) is 50.2 Å². The van der Waals surface area contributed by atoms with Gasteiger partial charge in [-0.15, -0.1) is 0 Å². The number of aromatic nitrogens is 1. The average Bonchev–Trinajstić information content (AvgIpc) is 2.16. The molecule has 1 N–H and O–H groups in total. The third-order valence-corrected chi connectivity index (χ3v) is 2.30. The number of carboxylic acid groups (broad SMARTS) is 1. The van der Waals surface area contributed by atoms with Crippen molar-refractivity contribution in [3.63, 3.8) is 0 Å². The van der Waals surface area contributed by atoms with E-state index in [9.17, 15) is 4.79 Å². The van der Waals surface area contributed by atoms with E-state index in [2.05, 4.69) is 4.98 Å². The highest BCUT2D eigenvalue weighted by Gasteiger charge is 2.08. The molecule has 0 aliphatic carbocycles. The van der Waals surface area contributed by atoms with E-state index in [0.29, 0.717) is 10.8 Å². The summed E-state index contributed by atoms with van der Waals surface area (Å²) in [6, 6.07) is 9.18. The van der Waals surface area contributed by atoms with Gasteiger partial charge in [-0.05, 0) is 11.5 Å². The molecule has 0 unspecified atom stereocenters. The van der Waals surface area contributed by atoms with Crippen LogP contribution >= 0.6 is 11.6 Å². The molecule has 0 aliphatic heterocycles. The molecule has 0 atom stereocenters. The Hall–Kier alpha value is -1.61. The molecule has 2 rings (SSSR count). The standard InChI is InChI=1S/C11H8ClNO2/c12-10-5-7-3-1-2-4-8(7)9(13-10)6-11(14)15/h1-5H,6H2,(H,14,15). The Labute approximate surface area is 91.3 Å². The number of hydrogen-bond donors (Lipinski definition) is 1. The van der Waals surface area contributed by atoms with Crippen LogP contribution < -0.4 is 0 Å². The van der Waals surface area contributed by atoms with Crippen molar-refractivity contribution >= 4 is 28.3 Å². The first-order chi connectivity index (χ1) is 7.16. The lowest BCUT2D eigenvalue weighted by atomic mass is 10.1. The number of pyridine rings is 1. The zero-order valence-electron chi connectivity index (χ0n) is 7.77. The fourth-order valence-electron chi connectivity index (χ4n) is 1.51. The van der Waals surface area contributed by atoms with E-state index < -0.39 is 5.97 Å². The van der Waals surface area contributed by atoms with Gasteiger partial charge in [-0.3, -0.25) is 4.79 Å². The monoisotopic (exact) mass is 221 g/mol.